The second kappa shape index (κ2) is 10.9. The van der Waals surface area contributed by atoms with Crippen LogP contribution in [0.4, 0.5) is 0 Å². The van der Waals surface area contributed by atoms with Crippen LogP contribution in [-0.2, 0) is 0 Å². The van der Waals surface area contributed by atoms with E-state index in [0.717, 1.165) is 13.1 Å². The highest BCUT2D eigenvalue weighted by atomic mass is 15.1. The number of hydrogen-bond donors (Lipinski definition) is 2. The molecule has 0 atom stereocenters. The minimum Gasteiger partial charge on any atom is -0.388 e. The van der Waals surface area contributed by atoms with E-state index < -0.39 is 0 Å². The Morgan fingerprint density at radius 3 is 2.12 bits per heavy atom. The number of rotatable bonds is 11. The maximum Gasteiger partial charge on any atom is 0.0918 e. The lowest BCUT2D eigenvalue weighted by Gasteiger charge is -2.15. The number of amidine groups is 1. The van der Waals surface area contributed by atoms with Gasteiger partial charge in [-0.2, -0.15) is 0 Å². The molecule has 0 rings (SSSR count). The molecule has 0 saturated carbocycles. The average Bonchev–Trinajstić information content (AvgIpc) is 2.25. The number of nitrogens with two attached hydrogens (primary N) is 1. The summed E-state index contributed by atoms with van der Waals surface area (Å²) >= 11 is 0. The highest BCUT2D eigenvalue weighted by Crippen LogP contribution is 2.07. The zero-order valence-corrected chi connectivity index (χ0v) is 11.1. The fourth-order valence-corrected chi connectivity index (χ4v) is 1.76. The second-order valence-corrected chi connectivity index (χ2v) is 4.70. The first-order chi connectivity index (χ1) is 7.66. The van der Waals surface area contributed by atoms with Crippen LogP contribution in [0.5, 0.6) is 0 Å². The van der Waals surface area contributed by atoms with Gasteiger partial charge in [-0.25, -0.2) is 0 Å². The van der Waals surface area contributed by atoms with Crippen molar-refractivity contribution in [1.29, 1.82) is 5.41 Å². The molecule has 0 fully saturated rings. The van der Waals surface area contributed by atoms with Gasteiger partial charge in [-0.1, -0.05) is 45.4 Å². The standard InChI is InChI=1S/C13H29N3/c1-3-4-5-6-7-8-9-11-16(2)12-10-13(14)15/h3-12H2,1-2H3,(H3,14,15). The molecule has 3 heteroatoms. The third-order valence-corrected chi connectivity index (χ3v) is 2.91. The topological polar surface area (TPSA) is 53.1 Å². The molecule has 0 saturated heterocycles. The van der Waals surface area contributed by atoms with Crippen LogP contribution in [0.2, 0.25) is 0 Å². The van der Waals surface area contributed by atoms with E-state index >= 15 is 0 Å². The van der Waals surface area contributed by atoms with Crippen molar-refractivity contribution < 1.29 is 0 Å². The third-order valence-electron chi connectivity index (χ3n) is 2.91. The monoisotopic (exact) mass is 227 g/mol. The number of nitrogens with zero attached hydrogens (tertiary/aromatic N) is 1. The van der Waals surface area contributed by atoms with E-state index in [1.54, 1.807) is 0 Å². The Morgan fingerprint density at radius 2 is 1.56 bits per heavy atom. The smallest absolute Gasteiger partial charge is 0.0918 e. The Kier molecular flexibility index (Phi) is 10.5. The minimum atomic E-state index is 0.298. The van der Waals surface area contributed by atoms with Crippen LogP contribution in [0.3, 0.4) is 0 Å². The summed E-state index contributed by atoms with van der Waals surface area (Å²) in [6.45, 7) is 4.32. The van der Waals surface area contributed by atoms with Crippen molar-refractivity contribution in [3.63, 3.8) is 0 Å². The van der Waals surface area contributed by atoms with Crippen LogP contribution in [0.15, 0.2) is 0 Å². The van der Waals surface area contributed by atoms with Crippen LogP contribution in [-0.4, -0.2) is 30.9 Å². The van der Waals surface area contributed by atoms with E-state index in [2.05, 4.69) is 18.9 Å². The van der Waals surface area contributed by atoms with Crippen LogP contribution in [0.25, 0.3) is 0 Å². The summed E-state index contributed by atoms with van der Waals surface area (Å²) in [5.41, 5.74) is 5.32. The average molecular weight is 227 g/mol. The predicted octanol–water partition coefficient (Wildman–Crippen LogP) is 2.99. The molecule has 0 aromatic rings. The van der Waals surface area contributed by atoms with E-state index in [9.17, 15) is 0 Å². The van der Waals surface area contributed by atoms with Crippen LogP contribution < -0.4 is 5.73 Å². The number of nitrogens with one attached hydrogen (secondary N) is 1. The molecule has 3 nitrogen and oxygen atoms in total. The SMILES string of the molecule is CCCCCCCCCN(C)CCC(=N)N. The van der Waals surface area contributed by atoms with Gasteiger partial charge in [0.25, 0.3) is 0 Å². The van der Waals surface area contributed by atoms with Crippen molar-refractivity contribution in [2.24, 2.45) is 5.73 Å². The van der Waals surface area contributed by atoms with Crippen molar-refractivity contribution in [2.45, 2.75) is 58.3 Å². The molecule has 16 heavy (non-hydrogen) atoms. The lowest BCUT2D eigenvalue weighted by Crippen LogP contribution is -2.25. The Balaban J connectivity index is 3.15. The highest BCUT2D eigenvalue weighted by molar-refractivity contribution is 5.76. The highest BCUT2D eigenvalue weighted by Gasteiger charge is 1.99. The summed E-state index contributed by atoms with van der Waals surface area (Å²) in [4.78, 5) is 2.27. The van der Waals surface area contributed by atoms with Gasteiger partial charge in [0, 0.05) is 13.0 Å². The molecule has 96 valence electrons. The zero-order valence-electron chi connectivity index (χ0n) is 11.1. The zero-order chi connectivity index (χ0) is 12.2. The summed E-state index contributed by atoms with van der Waals surface area (Å²) in [5.74, 6) is 0.298. The van der Waals surface area contributed by atoms with E-state index in [1.807, 2.05) is 0 Å². The number of unbranched alkanes of at least 4 members (excludes halogenated alkanes) is 6. The first-order valence-electron chi connectivity index (χ1n) is 6.68. The lowest BCUT2D eigenvalue weighted by molar-refractivity contribution is 0.332. The van der Waals surface area contributed by atoms with Crippen molar-refractivity contribution in [2.75, 3.05) is 20.1 Å². The molecular formula is C13H29N3. The summed E-state index contributed by atoms with van der Waals surface area (Å²) in [7, 11) is 2.11. The molecule has 0 aromatic heterocycles. The normalized spacial score (nSPS) is 10.9. The molecule has 0 bridgehead atoms. The molecule has 0 unspecified atom stereocenters. The Labute approximate surface area is 101 Å². The van der Waals surface area contributed by atoms with E-state index in [0.29, 0.717) is 12.3 Å². The van der Waals surface area contributed by atoms with E-state index in [4.69, 9.17) is 11.1 Å². The van der Waals surface area contributed by atoms with E-state index in [1.165, 1.54) is 44.9 Å². The number of hydrogen-bond acceptors (Lipinski definition) is 2. The Hall–Kier alpha value is -0.570. The van der Waals surface area contributed by atoms with Crippen molar-refractivity contribution in [3.8, 4) is 0 Å². The first-order valence-corrected chi connectivity index (χ1v) is 6.68. The molecule has 3 N–H and O–H groups in total. The van der Waals surface area contributed by atoms with Gasteiger partial charge in [0.15, 0.2) is 0 Å². The lowest BCUT2D eigenvalue weighted by atomic mass is 10.1. The molecule has 0 aliphatic carbocycles. The van der Waals surface area contributed by atoms with Gasteiger partial charge in [-0.3, -0.25) is 5.41 Å². The fraction of sp³-hybridized carbons (Fsp3) is 0.923. The fourth-order valence-electron chi connectivity index (χ4n) is 1.76. The van der Waals surface area contributed by atoms with Gasteiger partial charge in [0.2, 0.25) is 0 Å². The minimum absolute atomic E-state index is 0.298. The molecule has 0 heterocycles. The summed E-state index contributed by atoms with van der Waals surface area (Å²) < 4.78 is 0. The molecule has 0 spiro atoms. The van der Waals surface area contributed by atoms with Crippen molar-refractivity contribution >= 4 is 5.84 Å². The molecule has 0 amide bonds. The van der Waals surface area contributed by atoms with E-state index in [-0.39, 0.29) is 0 Å². The maximum absolute atomic E-state index is 7.15. The third kappa shape index (κ3) is 11.5. The molecule has 0 aliphatic rings. The first kappa shape index (κ1) is 15.4. The molecule has 0 radical (unpaired) electrons. The molecule has 0 aromatic carbocycles. The maximum atomic E-state index is 7.15. The van der Waals surface area contributed by atoms with Gasteiger partial charge in [-0.05, 0) is 20.0 Å². The van der Waals surface area contributed by atoms with Gasteiger partial charge in [-0.15, -0.1) is 0 Å². The van der Waals surface area contributed by atoms with Crippen LogP contribution >= 0.6 is 0 Å². The van der Waals surface area contributed by atoms with Crippen LogP contribution in [0, 0.1) is 5.41 Å². The summed E-state index contributed by atoms with van der Waals surface area (Å²) in [6, 6.07) is 0. The van der Waals surface area contributed by atoms with Crippen molar-refractivity contribution in [3.05, 3.63) is 0 Å². The predicted molar refractivity (Wildman–Crippen MR) is 72.0 cm³/mol. The Bertz CT molecular complexity index is 169. The van der Waals surface area contributed by atoms with Gasteiger partial charge < -0.3 is 10.6 Å². The quantitative estimate of drug-likeness (QED) is 0.324. The summed E-state index contributed by atoms with van der Waals surface area (Å²) in [6.07, 6.45) is 10.2. The largest absolute Gasteiger partial charge is 0.388 e. The van der Waals surface area contributed by atoms with Gasteiger partial charge >= 0.3 is 0 Å². The Morgan fingerprint density at radius 1 is 1.00 bits per heavy atom. The van der Waals surface area contributed by atoms with Gasteiger partial charge in [0.05, 0.1) is 5.84 Å². The van der Waals surface area contributed by atoms with Crippen LogP contribution in [0.1, 0.15) is 58.3 Å². The molecular weight excluding hydrogens is 198 g/mol. The van der Waals surface area contributed by atoms with Crippen molar-refractivity contribution in [1.82, 2.24) is 4.90 Å². The second-order valence-electron chi connectivity index (χ2n) is 4.70. The molecule has 0 aliphatic heterocycles. The van der Waals surface area contributed by atoms with Gasteiger partial charge in [0.1, 0.15) is 0 Å². The summed E-state index contributed by atoms with van der Waals surface area (Å²) in [5, 5.41) is 7.15.